The molecule has 0 unspecified atom stereocenters. The van der Waals surface area contributed by atoms with Gasteiger partial charge in [0, 0.05) is 18.7 Å². The summed E-state index contributed by atoms with van der Waals surface area (Å²) in [5.41, 5.74) is 6.77. The Labute approximate surface area is 110 Å². The van der Waals surface area contributed by atoms with Crippen molar-refractivity contribution < 1.29 is 4.79 Å². The largest absolute Gasteiger partial charge is 0.366 e. The van der Waals surface area contributed by atoms with Gasteiger partial charge in [-0.25, -0.2) is 4.98 Å². The maximum Gasteiger partial charge on any atom is 0.251 e. The van der Waals surface area contributed by atoms with Gasteiger partial charge in [-0.15, -0.1) is 0 Å². The first-order valence-corrected chi connectivity index (χ1v) is 5.92. The van der Waals surface area contributed by atoms with Crippen LogP contribution >= 0.6 is 11.6 Å². The Morgan fingerprint density at radius 1 is 1.44 bits per heavy atom. The van der Waals surface area contributed by atoms with Gasteiger partial charge in [0.1, 0.15) is 0 Å². The third kappa shape index (κ3) is 1.84. The molecule has 2 heterocycles. The number of aromatic nitrogens is 3. The van der Waals surface area contributed by atoms with Gasteiger partial charge in [-0.2, -0.15) is 5.10 Å². The number of nitrogens with zero attached hydrogens (tertiary/aromatic N) is 3. The fourth-order valence-electron chi connectivity index (χ4n) is 1.88. The highest BCUT2D eigenvalue weighted by atomic mass is 35.5. The average molecular weight is 267 g/mol. The summed E-state index contributed by atoms with van der Waals surface area (Å²) in [7, 11) is 1.80. The average Bonchev–Trinajstić information content (AvgIpc) is 2.56. The number of hydrogen-bond acceptors (Lipinski definition) is 3. The van der Waals surface area contributed by atoms with Crippen molar-refractivity contribution in [2.45, 2.75) is 26.2 Å². The number of aryl methyl sites for hydroxylation is 1. The van der Waals surface area contributed by atoms with Gasteiger partial charge in [-0.3, -0.25) is 9.48 Å². The fraction of sp³-hybridized carbons (Fsp3) is 0.417. The number of halogens is 1. The maximum atomic E-state index is 11.3. The molecule has 0 aliphatic carbocycles. The number of rotatable bonds is 1. The first-order valence-electron chi connectivity index (χ1n) is 5.55. The molecule has 0 atom stereocenters. The van der Waals surface area contributed by atoms with Crippen LogP contribution in [0.15, 0.2) is 6.20 Å². The van der Waals surface area contributed by atoms with Crippen molar-refractivity contribution in [2.24, 2.45) is 12.8 Å². The second-order valence-electron chi connectivity index (χ2n) is 5.27. The van der Waals surface area contributed by atoms with Crippen LogP contribution in [-0.4, -0.2) is 20.7 Å². The van der Waals surface area contributed by atoms with Crippen molar-refractivity contribution in [3.05, 3.63) is 22.5 Å². The summed E-state index contributed by atoms with van der Waals surface area (Å²) >= 11 is 6.27. The standard InChI is InChI=1S/C12H15ClN4O/c1-12(2,3)9-7-8(13)6(10(14)18)5-15-11(7)17(4)16-9/h5H,1-4H3,(H2,14,18). The number of nitrogens with two attached hydrogens (primary N) is 1. The lowest BCUT2D eigenvalue weighted by Crippen LogP contribution is -2.14. The summed E-state index contributed by atoms with van der Waals surface area (Å²) in [5, 5.41) is 5.46. The van der Waals surface area contributed by atoms with Gasteiger partial charge in [-0.1, -0.05) is 32.4 Å². The molecule has 0 spiro atoms. The van der Waals surface area contributed by atoms with Gasteiger partial charge in [-0.05, 0) is 0 Å². The zero-order chi connectivity index (χ0) is 13.7. The van der Waals surface area contributed by atoms with E-state index in [0.717, 1.165) is 5.69 Å². The van der Waals surface area contributed by atoms with Crippen molar-refractivity contribution in [1.29, 1.82) is 0 Å². The lowest BCUT2D eigenvalue weighted by Gasteiger charge is -2.16. The van der Waals surface area contributed by atoms with Crippen LogP contribution < -0.4 is 5.73 Å². The molecule has 0 radical (unpaired) electrons. The first kappa shape index (κ1) is 12.8. The molecule has 0 aromatic carbocycles. The molecule has 0 bridgehead atoms. The van der Waals surface area contributed by atoms with E-state index in [2.05, 4.69) is 10.1 Å². The number of pyridine rings is 1. The van der Waals surface area contributed by atoms with E-state index in [4.69, 9.17) is 17.3 Å². The molecule has 5 nitrogen and oxygen atoms in total. The van der Waals surface area contributed by atoms with Crippen LogP contribution in [0.4, 0.5) is 0 Å². The van der Waals surface area contributed by atoms with Gasteiger partial charge in [0.25, 0.3) is 5.91 Å². The molecule has 0 saturated heterocycles. The normalized spacial score (nSPS) is 12.1. The molecule has 6 heteroatoms. The van der Waals surface area contributed by atoms with E-state index >= 15 is 0 Å². The number of hydrogen-bond donors (Lipinski definition) is 1. The molecule has 0 aliphatic rings. The Bertz CT molecular complexity index is 640. The number of primary amides is 1. The number of carbonyl (C=O) groups excluding carboxylic acids is 1. The van der Waals surface area contributed by atoms with Crippen LogP contribution in [0.1, 0.15) is 36.8 Å². The maximum absolute atomic E-state index is 11.3. The predicted molar refractivity (Wildman–Crippen MR) is 70.7 cm³/mol. The number of amides is 1. The Kier molecular flexibility index (Phi) is 2.81. The predicted octanol–water partition coefficient (Wildman–Crippen LogP) is 2.02. The summed E-state index contributed by atoms with van der Waals surface area (Å²) in [6.07, 6.45) is 1.39. The highest BCUT2D eigenvalue weighted by molar-refractivity contribution is 6.38. The van der Waals surface area contributed by atoms with Gasteiger partial charge in [0.2, 0.25) is 0 Å². The SMILES string of the molecule is Cn1nc(C(C)(C)C)c2c(Cl)c(C(N)=O)cnc21. The molecule has 96 valence electrons. The summed E-state index contributed by atoms with van der Waals surface area (Å²) in [6.45, 7) is 6.09. The molecule has 2 aromatic rings. The minimum absolute atomic E-state index is 0.193. The molecule has 0 fully saturated rings. The summed E-state index contributed by atoms with van der Waals surface area (Å²) in [4.78, 5) is 15.5. The smallest absolute Gasteiger partial charge is 0.251 e. The van der Waals surface area contributed by atoms with E-state index in [1.807, 2.05) is 20.8 Å². The Morgan fingerprint density at radius 3 is 2.56 bits per heavy atom. The second-order valence-corrected chi connectivity index (χ2v) is 5.65. The van der Waals surface area contributed by atoms with E-state index in [1.54, 1.807) is 11.7 Å². The van der Waals surface area contributed by atoms with Gasteiger partial charge < -0.3 is 5.73 Å². The summed E-state index contributed by atoms with van der Waals surface area (Å²) in [5.74, 6) is -0.585. The number of carbonyl (C=O) groups is 1. The molecule has 18 heavy (non-hydrogen) atoms. The third-order valence-electron chi connectivity index (χ3n) is 2.76. The highest BCUT2D eigenvalue weighted by Gasteiger charge is 2.26. The first-order chi connectivity index (χ1) is 8.23. The molecule has 2 aromatic heterocycles. The molecule has 1 amide bonds. The van der Waals surface area contributed by atoms with Crippen molar-refractivity contribution in [1.82, 2.24) is 14.8 Å². The van der Waals surface area contributed by atoms with Crippen LogP contribution in [0, 0.1) is 0 Å². The van der Waals surface area contributed by atoms with Gasteiger partial charge in [0.15, 0.2) is 5.65 Å². The highest BCUT2D eigenvalue weighted by Crippen LogP contribution is 2.34. The Morgan fingerprint density at radius 2 is 2.06 bits per heavy atom. The molecule has 0 saturated carbocycles. The molecule has 2 N–H and O–H groups in total. The van der Waals surface area contributed by atoms with Gasteiger partial charge >= 0.3 is 0 Å². The van der Waals surface area contributed by atoms with E-state index in [9.17, 15) is 4.79 Å². The van der Waals surface area contributed by atoms with E-state index in [0.29, 0.717) is 16.1 Å². The summed E-state index contributed by atoms with van der Waals surface area (Å²) in [6, 6.07) is 0. The van der Waals surface area contributed by atoms with Crippen molar-refractivity contribution in [3.63, 3.8) is 0 Å². The van der Waals surface area contributed by atoms with E-state index in [-0.39, 0.29) is 11.0 Å². The Balaban J connectivity index is 2.90. The van der Waals surface area contributed by atoms with E-state index < -0.39 is 5.91 Å². The van der Waals surface area contributed by atoms with Crippen molar-refractivity contribution in [3.8, 4) is 0 Å². The van der Waals surface area contributed by atoms with Crippen LogP contribution in [0.25, 0.3) is 11.0 Å². The zero-order valence-corrected chi connectivity index (χ0v) is 11.5. The topological polar surface area (TPSA) is 73.8 Å². The molecular formula is C12H15ClN4O. The van der Waals surface area contributed by atoms with E-state index in [1.165, 1.54) is 6.20 Å². The second kappa shape index (κ2) is 3.95. The minimum Gasteiger partial charge on any atom is -0.366 e. The third-order valence-corrected chi connectivity index (χ3v) is 3.16. The zero-order valence-electron chi connectivity index (χ0n) is 10.8. The number of fused-ring (bicyclic) bond motifs is 1. The molecule has 0 aliphatic heterocycles. The van der Waals surface area contributed by atoms with Crippen LogP contribution in [0.5, 0.6) is 0 Å². The van der Waals surface area contributed by atoms with Crippen molar-refractivity contribution >= 4 is 28.5 Å². The van der Waals surface area contributed by atoms with Crippen molar-refractivity contribution in [2.75, 3.05) is 0 Å². The minimum atomic E-state index is -0.585. The molecular weight excluding hydrogens is 252 g/mol. The summed E-state index contributed by atoms with van der Waals surface area (Å²) < 4.78 is 1.66. The lowest BCUT2D eigenvalue weighted by atomic mass is 9.90. The monoisotopic (exact) mass is 266 g/mol. The van der Waals surface area contributed by atoms with Crippen LogP contribution in [0.2, 0.25) is 5.02 Å². The lowest BCUT2D eigenvalue weighted by molar-refractivity contribution is 0.1000. The quantitative estimate of drug-likeness (QED) is 0.858. The Hall–Kier alpha value is -1.62. The fourth-order valence-corrected chi connectivity index (χ4v) is 2.20. The van der Waals surface area contributed by atoms with Crippen LogP contribution in [-0.2, 0) is 12.5 Å². The van der Waals surface area contributed by atoms with Crippen LogP contribution in [0.3, 0.4) is 0 Å². The molecule has 2 rings (SSSR count). The van der Waals surface area contributed by atoms with Gasteiger partial charge in [0.05, 0.1) is 21.7 Å².